The summed E-state index contributed by atoms with van der Waals surface area (Å²) >= 11 is 0. The Morgan fingerprint density at radius 2 is 1.06 bits per heavy atom. The maximum Gasteiger partial charge on any atom is 0.332 e. The van der Waals surface area contributed by atoms with Gasteiger partial charge in [0.2, 0.25) is 0 Å². The lowest BCUT2D eigenvalue weighted by Gasteiger charge is -2.31. The number of hydrogen-bond donors (Lipinski definition) is 1. The minimum atomic E-state index is -0.688. The quantitative estimate of drug-likeness (QED) is 0.215. The maximum absolute atomic E-state index is 12.0. The second kappa shape index (κ2) is 16.4. The Hall–Kier alpha value is -1.18. The summed E-state index contributed by atoms with van der Waals surface area (Å²) in [4.78, 5) is 23.9. The molecule has 0 aromatic heterocycles. The van der Waals surface area contributed by atoms with Gasteiger partial charge in [-0.3, -0.25) is 0 Å². The molecule has 0 aliphatic heterocycles. The number of carbonyl (C=O) groups excluding carboxylic acids is 2. The third-order valence-electron chi connectivity index (χ3n) is 4.99. The van der Waals surface area contributed by atoms with Crippen LogP contribution in [0.4, 0.5) is 0 Å². The second-order valence-electron chi connectivity index (χ2n) is 11.0. The van der Waals surface area contributed by atoms with Crippen molar-refractivity contribution in [3.63, 3.8) is 0 Å². The molecule has 0 atom stereocenters. The van der Waals surface area contributed by atoms with Crippen LogP contribution in [0.3, 0.4) is 0 Å². The molecule has 0 aromatic carbocycles. The van der Waals surface area contributed by atoms with Gasteiger partial charge in [0.25, 0.3) is 0 Å². The van der Waals surface area contributed by atoms with Crippen molar-refractivity contribution in [1.29, 1.82) is 0 Å². The molecule has 0 spiro atoms. The number of unbranched alkanes of at least 4 members (excludes halogenated alkanes) is 7. The summed E-state index contributed by atoms with van der Waals surface area (Å²) in [6, 6.07) is 0. The fourth-order valence-electron chi connectivity index (χ4n) is 3.43. The van der Waals surface area contributed by atoms with E-state index < -0.39 is 28.6 Å². The average molecular weight is 475 g/mol. The van der Waals surface area contributed by atoms with E-state index in [1.54, 1.807) is 41.5 Å². The van der Waals surface area contributed by atoms with Crippen LogP contribution < -0.4 is 0 Å². The molecule has 0 radical (unpaired) electrons. The number of esters is 2. The normalized spacial score (nSPS) is 12.6. The Morgan fingerprint density at radius 3 is 1.42 bits per heavy atom. The summed E-state index contributed by atoms with van der Waals surface area (Å²) < 4.78 is 21.8. The second-order valence-corrected chi connectivity index (χ2v) is 11.0. The lowest BCUT2D eigenvalue weighted by molar-refractivity contribution is -0.165. The van der Waals surface area contributed by atoms with E-state index in [0.29, 0.717) is 6.42 Å². The fraction of sp³-hybridized carbons (Fsp3) is 0.923. The van der Waals surface area contributed by atoms with Crippen LogP contribution in [0.15, 0.2) is 0 Å². The summed E-state index contributed by atoms with van der Waals surface area (Å²) in [5.41, 5.74) is -1.85. The highest BCUT2D eigenvalue weighted by atomic mass is 16.6. The van der Waals surface area contributed by atoms with Gasteiger partial charge in [-0.05, 0) is 48.0 Å². The third-order valence-corrected chi connectivity index (χ3v) is 4.99. The summed E-state index contributed by atoms with van der Waals surface area (Å²) in [6.45, 7) is 12.8. The lowest BCUT2D eigenvalue weighted by atomic mass is 9.84. The van der Waals surface area contributed by atoms with E-state index in [-0.39, 0.29) is 33.0 Å². The van der Waals surface area contributed by atoms with E-state index in [4.69, 9.17) is 18.9 Å². The molecule has 0 saturated heterocycles. The molecule has 0 rings (SSSR count). The first-order valence-electron chi connectivity index (χ1n) is 12.5. The minimum absolute atomic E-state index is 0.146. The van der Waals surface area contributed by atoms with E-state index in [0.717, 1.165) is 19.3 Å². The van der Waals surface area contributed by atoms with Crippen LogP contribution in [0.5, 0.6) is 0 Å². The van der Waals surface area contributed by atoms with Gasteiger partial charge in [0.05, 0.1) is 19.8 Å². The smallest absolute Gasteiger partial charge is 0.332 e. The first-order valence-corrected chi connectivity index (χ1v) is 12.5. The van der Waals surface area contributed by atoms with E-state index in [1.165, 1.54) is 32.1 Å². The average Bonchev–Trinajstić information content (AvgIpc) is 2.66. The van der Waals surface area contributed by atoms with Crippen LogP contribution in [-0.2, 0) is 28.5 Å². The molecule has 0 bridgehead atoms. The molecule has 7 heteroatoms. The standard InChI is InChI=1S/C26H50O7/c1-8-9-10-11-12-13-14-15-16-26(19-27,20-30-17-22(28)32-24(2,3)4)21-31-18-23(29)33-25(5,6)7/h27H,8-21H2,1-7H3. The Labute approximate surface area is 201 Å². The Bertz CT molecular complexity index is 498. The van der Waals surface area contributed by atoms with Crippen molar-refractivity contribution in [2.45, 2.75) is 117 Å². The van der Waals surface area contributed by atoms with Crippen molar-refractivity contribution >= 4 is 11.9 Å². The minimum Gasteiger partial charge on any atom is -0.458 e. The van der Waals surface area contributed by atoms with Crippen LogP contribution in [0.2, 0.25) is 0 Å². The van der Waals surface area contributed by atoms with Crippen molar-refractivity contribution in [2.75, 3.05) is 33.0 Å². The molecule has 0 aliphatic carbocycles. The zero-order valence-corrected chi connectivity index (χ0v) is 22.3. The molecule has 0 aromatic rings. The number of rotatable bonds is 18. The van der Waals surface area contributed by atoms with Crippen molar-refractivity contribution in [3.8, 4) is 0 Å². The van der Waals surface area contributed by atoms with Crippen LogP contribution in [-0.4, -0.2) is 61.3 Å². The van der Waals surface area contributed by atoms with Gasteiger partial charge >= 0.3 is 11.9 Å². The largest absolute Gasteiger partial charge is 0.458 e. The van der Waals surface area contributed by atoms with Crippen LogP contribution in [0.1, 0.15) is 106 Å². The predicted octanol–water partition coefficient (Wildman–Crippen LogP) is 5.21. The van der Waals surface area contributed by atoms with Gasteiger partial charge in [-0.1, -0.05) is 58.3 Å². The van der Waals surface area contributed by atoms with Crippen molar-refractivity contribution in [2.24, 2.45) is 5.41 Å². The number of hydrogen-bond acceptors (Lipinski definition) is 7. The highest BCUT2D eigenvalue weighted by Crippen LogP contribution is 2.27. The van der Waals surface area contributed by atoms with E-state index in [1.807, 2.05) is 0 Å². The van der Waals surface area contributed by atoms with Gasteiger partial charge in [0, 0.05) is 5.41 Å². The van der Waals surface area contributed by atoms with Gasteiger partial charge in [-0.2, -0.15) is 0 Å². The Morgan fingerprint density at radius 1 is 0.667 bits per heavy atom. The lowest BCUT2D eigenvalue weighted by Crippen LogP contribution is -2.38. The van der Waals surface area contributed by atoms with Crippen LogP contribution in [0, 0.1) is 5.41 Å². The molecule has 0 unspecified atom stereocenters. The summed E-state index contributed by atoms with van der Waals surface area (Å²) in [7, 11) is 0. The van der Waals surface area contributed by atoms with Crippen molar-refractivity contribution in [3.05, 3.63) is 0 Å². The molecular weight excluding hydrogens is 424 g/mol. The Balaban J connectivity index is 4.71. The number of aliphatic hydroxyl groups is 1. The highest BCUT2D eigenvalue weighted by molar-refractivity contribution is 5.71. The monoisotopic (exact) mass is 474 g/mol. The van der Waals surface area contributed by atoms with Gasteiger partial charge in [-0.25, -0.2) is 9.59 Å². The van der Waals surface area contributed by atoms with E-state index in [9.17, 15) is 14.7 Å². The summed E-state index contributed by atoms with van der Waals surface area (Å²) in [6.07, 6.45) is 10.1. The van der Waals surface area contributed by atoms with Crippen LogP contribution in [0.25, 0.3) is 0 Å². The van der Waals surface area contributed by atoms with Crippen molar-refractivity contribution < 1.29 is 33.6 Å². The van der Waals surface area contributed by atoms with Crippen molar-refractivity contribution in [1.82, 2.24) is 0 Å². The topological polar surface area (TPSA) is 91.3 Å². The van der Waals surface area contributed by atoms with E-state index in [2.05, 4.69) is 6.92 Å². The summed E-state index contributed by atoms with van der Waals surface area (Å²) in [5.74, 6) is -0.896. The summed E-state index contributed by atoms with van der Waals surface area (Å²) in [5, 5.41) is 10.2. The molecule has 0 amide bonds. The predicted molar refractivity (Wildman–Crippen MR) is 130 cm³/mol. The first kappa shape index (κ1) is 31.8. The number of aliphatic hydroxyl groups excluding tert-OH is 1. The molecule has 0 heterocycles. The Kier molecular flexibility index (Phi) is 15.9. The molecule has 1 N–H and O–H groups in total. The van der Waals surface area contributed by atoms with E-state index >= 15 is 0 Å². The molecular formula is C26H50O7. The number of carbonyl (C=O) groups is 2. The zero-order chi connectivity index (χ0) is 25.4. The molecule has 0 aliphatic rings. The molecule has 196 valence electrons. The van der Waals surface area contributed by atoms with Crippen LogP contribution >= 0.6 is 0 Å². The molecule has 0 fully saturated rings. The zero-order valence-electron chi connectivity index (χ0n) is 22.3. The number of ether oxygens (including phenoxy) is 4. The molecule has 7 nitrogen and oxygen atoms in total. The maximum atomic E-state index is 12.0. The van der Waals surface area contributed by atoms with Gasteiger partial charge in [-0.15, -0.1) is 0 Å². The van der Waals surface area contributed by atoms with Gasteiger partial charge < -0.3 is 24.1 Å². The first-order chi connectivity index (χ1) is 15.3. The fourth-order valence-corrected chi connectivity index (χ4v) is 3.43. The van der Waals surface area contributed by atoms with Gasteiger partial charge in [0.15, 0.2) is 0 Å². The highest BCUT2D eigenvalue weighted by Gasteiger charge is 2.31. The third kappa shape index (κ3) is 18.9. The van der Waals surface area contributed by atoms with Gasteiger partial charge in [0.1, 0.15) is 24.4 Å². The molecule has 0 saturated carbocycles. The SMILES string of the molecule is CCCCCCCCCCC(CO)(COCC(=O)OC(C)(C)C)COCC(=O)OC(C)(C)C. The molecule has 33 heavy (non-hydrogen) atoms.